The predicted octanol–water partition coefficient (Wildman–Crippen LogP) is 2.38. The van der Waals surface area contributed by atoms with Crippen molar-refractivity contribution in [3.8, 4) is 0 Å². The second kappa shape index (κ2) is 9.74. The smallest absolute Gasteiger partial charge is 0.307 e. The number of allylic oxidation sites excluding steroid dienone is 1. The van der Waals surface area contributed by atoms with E-state index in [0.29, 0.717) is 4.48 Å². The topological polar surface area (TPSA) is 74.6 Å². The molecule has 0 aromatic carbocycles. The average molecular weight is 314 g/mol. The molecule has 1 atom stereocenters. The van der Waals surface area contributed by atoms with Gasteiger partial charge in [0.25, 0.3) is 0 Å². The van der Waals surface area contributed by atoms with E-state index in [9.17, 15) is 14.7 Å². The molecule has 0 saturated carbocycles. The Morgan fingerprint density at radius 3 is 2.18 bits per heavy atom. The van der Waals surface area contributed by atoms with Gasteiger partial charge in [-0.15, -0.1) is 0 Å². The minimum atomic E-state index is -1.84. The van der Waals surface area contributed by atoms with E-state index in [0.717, 1.165) is 19.3 Å². The molecule has 0 radical (unpaired) electrons. The molecule has 0 bridgehead atoms. The van der Waals surface area contributed by atoms with E-state index in [-0.39, 0.29) is 6.54 Å². The fourth-order valence-corrected chi connectivity index (χ4v) is 2.47. The molecule has 0 fully saturated rings. The Morgan fingerprint density at radius 2 is 1.68 bits per heavy atom. The van der Waals surface area contributed by atoms with Crippen molar-refractivity contribution in [2.24, 2.45) is 0 Å². The molecule has 0 heterocycles. The Balaban J connectivity index is 4.54. The van der Waals surface area contributed by atoms with Gasteiger partial charge in [-0.1, -0.05) is 38.7 Å². The molecular weight excluding hydrogens is 282 g/mol. The van der Waals surface area contributed by atoms with Crippen molar-refractivity contribution in [3.63, 3.8) is 0 Å². The standard InChI is InChI=1S/C17H31NO4/c1-5-6-7-8-9-10-11-12-15(19)17(22,13-16(20)21)14-18(2,3)4/h11-12,22H,5-10,13-14H2,1-4H3/p+1. The van der Waals surface area contributed by atoms with Crippen LogP contribution in [0, 0.1) is 0 Å². The van der Waals surface area contributed by atoms with Crippen molar-refractivity contribution in [3.05, 3.63) is 12.2 Å². The third-order valence-electron chi connectivity index (χ3n) is 3.38. The lowest BCUT2D eigenvalue weighted by atomic mass is 9.92. The van der Waals surface area contributed by atoms with E-state index in [2.05, 4.69) is 6.92 Å². The molecule has 22 heavy (non-hydrogen) atoms. The van der Waals surface area contributed by atoms with Crippen LogP contribution >= 0.6 is 0 Å². The summed E-state index contributed by atoms with van der Waals surface area (Å²) in [6.45, 7) is 2.23. The molecule has 0 saturated heterocycles. The number of carbonyl (C=O) groups excluding carboxylic acids is 1. The quantitative estimate of drug-likeness (QED) is 0.329. The zero-order valence-corrected chi connectivity index (χ0v) is 14.5. The van der Waals surface area contributed by atoms with Gasteiger partial charge in [0, 0.05) is 0 Å². The minimum absolute atomic E-state index is 0.0684. The van der Waals surface area contributed by atoms with E-state index >= 15 is 0 Å². The number of hydrogen-bond donors (Lipinski definition) is 2. The maximum Gasteiger partial charge on any atom is 0.307 e. The van der Waals surface area contributed by atoms with Gasteiger partial charge in [0.05, 0.1) is 27.6 Å². The number of carbonyl (C=O) groups is 2. The van der Waals surface area contributed by atoms with Crippen LogP contribution in [0.25, 0.3) is 0 Å². The van der Waals surface area contributed by atoms with Crippen LogP contribution in [-0.2, 0) is 9.59 Å². The molecule has 1 unspecified atom stereocenters. The third kappa shape index (κ3) is 9.68. The normalized spacial score (nSPS) is 15.0. The third-order valence-corrected chi connectivity index (χ3v) is 3.38. The van der Waals surface area contributed by atoms with Crippen molar-refractivity contribution in [2.75, 3.05) is 27.7 Å². The Bertz CT molecular complexity index is 385. The van der Waals surface area contributed by atoms with Crippen LogP contribution in [0.1, 0.15) is 51.9 Å². The van der Waals surface area contributed by atoms with Crippen molar-refractivity contribution < 1.29 is 24.3 Å². The first kappa shape index (κ1) is 20.8. The Kier molecular flexibility index (Phi) is 9.21. The van der Waals surface area contributed by atoms with Gasteiger partial charge in [0.15, 0.2) is 11.4 Å². The summed E-state index contributed by atoms with van der Waals surface area (Å²) in [5.74, 6) is -1.69. The maximum atomic E-state index is 12.2. The van der Waals surface area contributed by atoms with Gasteiger partial charge in [0.2, 0.25) is 0 Å². The van der Waals surface area contributed by atoms with Gasteiger partial charge in [-0.05, 0) is 18.9 Å². The molecule has 0 aliphatic carbocycles. The molecule has 0 spiro atoms. The highest BCUT2D eigenvalue weighted by molar-refractivity contribution is 5.99. The molecule has 0 aliphatic rings. The second-order valence-electron chi connectivity index (χ2n) is 7.02. The average Bonchev–Trinajstić information content (AvgIpc) is 2.34. The van der Waals surface area contributed by atoms with Gasteiger partial charge < -0.3 is 14.7 Å². The Labute approximate surface area is 134 Å². The lowest BCUT2D eigenvalue weighted by Crippen LogP contribution is -2.54. The number of carboxylic acid groups (broad SMARTS) is 1. The van der Waals surface area contributed by atoms with E-state index < -0.39 is 23.8 Å². The molecule has 0 rings (SSSR count). The summed E-state index contributed by atoms with van der Waals surface area (Å²) in [5, 5.41) is 19.4. The number of quaternary nitrogens is 1. The number of nitrogens with zero attached hydrogens (tertiary/aromatic N) is 1. The lowest BCUT2D eigenvalue weighted by Gasteiger charge is -2.33. The number of likely N-dealkylation sites (N-methyl/N-ethyl adjacent to an activating group) is 1. The van der Waals surface area contributed by atoms with E-state index in [1.54, 1.807) is 6.08 Å². The molecular formula is C17H32NO4+. The number of aliphatic hydroxyl groups is 1. The number of hydrogen-bond acceptors (Lipinski definition) is 3. The van der Waals surface area contributed by atoms with E-state index in [4.69, 9.17) is 5.11 Å². The largest absolute Gasteiger partial charge is 0.481 e. The summed E-state index contributed by atoms with van der Waals surface area (Å²) in [4.78, 5) is 23.1. The van der Waals surface area contributed by atoms with Crippen molar-refractivity contribution in [2.45, 2.75) is 57.5 Å². The molecule has 5 heteroatoms. The Morgan fingerprint density at radius 1 is 1.09 bits per heavy atom. The first-order chi connectivity index (χ1) is 10.1. The molecule has 5 nitrogen and oxygen atoms in total. The van der Waals surface area contributed by atoms with Gasteiger partial charge in [-0.25, -0.2) is 0 Å². The summed E-state index contributed by atoms with van der Waals surface area (Å²) >= 11 is 0. The minimum Gasteiger partial charge on any atom is -0.481 e. The van der Waals surface area contributed by atoms with Gasteiger partial charge in [-0.3, -0.25) is 9.59 Å². The number of carboxylic acids is 1. The van der Waals surface area contributed by atoms with Crippen LogP contribution in [-0.4, -0.2) is 59.7 Å². The van der Waals surface area contributed by atoms with Gasteiger partial charge in [0.1, 0.15) is 6.54 Å². The molecule has 2 N–H and O–H groups in total. The molecule has 0 amide bonds. The molecule has 0 aromatic heterocycles. The van der Waals surface area contributed by atoms with Crippen LogP contribution in [0.15, 0.2) is 12.2 Å². The first-order valence-electron chi connectivity index (χ1n) is 8.06. The van der Waals surface area contributed by atoms with Crippen LogP contribution in [0.3, 0.4) is 0 Å². The highest BCUT2D eigenvalue weighted by atomic mass is 16.4. The number of unbranched alkanes of at least 4 members (excludes halogenated alkanes) is 5. The predicted molar refractivity (Wildman–Crippen MR) is 87.6 cm³/mol. The number of rotatable bonds is 12. The molecule has 128 valence electrons. The maximum absolute atomic E-state index is 12.2. The summed E-state index contributed by atoms with van der Waals surface area (Å²) in [5.41, 5.74) is -1.84. The summed E-state index contributed by atoms with van der Waals surface area (Å²) in [6.07, 6.45) is 9.07. The van der Waals surface area contributed by atoms with Crippen LogP contribution in [0.5, 0.6) is 0 Å². The van der Waals surface area contributed by atoms with Crippen LogP contribution in [0.4, 0.5) is 0 Å². The van der Waals surface area contributed by atoms with Gasteiger partial charge >= 0.3 is 5.97 Å². The van der Waals surface area contributed by atoms with E-state index in [1.807, 2.05) is 21.1 Å². The zero-order chi connectivity index (χ0) is 17.2. The SMILES string of the molecule is CCCCCCCC=CC(=O)C(O)(CC(=O)O)C[N+](C)(C)C. The van der Waals surface area contributed by atoms with Crippen LogP contribution in [0.2, 0.25) is 0 Å². The summed E-state index contributed by atoms with van der Waals surface area (Å²) in [6, 6.07) is 0. The summed E-state index contributed by atoms with van der Waals surface area (Å²) < 4.78 is 0.320. The first-order valence-corrected chi connectivity index (χ1v) is 8.06. The van der Waals surface area contributed by atoms with Crippen molar-refractivity contribution in [1.29, 1.82) is 0 Å². The lowest BCUT2D eigenvalue weighted by molar-refractivity contribution is -0.875. The number of aliphatic carboxylic acids is 1. The second-order valence-corrected chi connectivity index (χ2v) is 7.02. The van der Waals surface area contributed by atoms with E-state index in [1.165, 1.54) is 25.3 Å². The highest BCUT2D eigenvalue weighted by Gasteiger charge is 2.41. The number of ketones is 1. The zero-order valence-electron chi connectivity index (χ0n) is 14.5. The summed E-state index contributed by atoms with van der Waals surface area (Å²) in [7, 11) is 5.45. The van der Waals surface area contributed by atoms with Crippen molar-refractivity contribution in [1.82, 2.24) is 0 Å². The monoisotopic (exact) mass is 314 g/mol. The Hall–Kier alpha value is -1.20. The van der Waals surface area contributed by atoms with Gasteiger partial charge in [-0.2, -0.15) is 0 Å². The molecule has 0 aromatic rings. The fourth-order valence-electron chi connectivity index (χ4n) is 2.47. The highest BCUT2D eigenvalue weighted by Crippen LogP contribution is 2.17. The van der Waals surface area contributed by atoms with Crippen molar-refractivity contribution >= 4 is 11.8 Å². The fraction of sp³-hybridized carbons (Fsp3) is 0.765. The van der Waals surface area contributed by atoms with Crippen LogP contribution < -0.4 is 0 Å². The molecule has 0 aliphatic heterocycles.